The van der Waals surface area contributed by atoms with Crippen LogP contribution in [0.5, 0.6) is 0 Å². The normalized spacial score (nSPS) is 28.1. The van der Waals surface area contributed by atoms with Crippen LogP contribution in [0.4, 0.5) is 0 Å². The van der Waals surface area contributed by atoms with Crippen molar-refractivity contribution >= 4 is 5.78 Å². The number of nitrogens with zero attached hydrogens (tertiary/aromatic N) is 1. The molecule has 0 aromatic heterocycles. The fourth-order valence-electron chi connectivity index (χ4n) is 3.50. The summed E-state index contributed by atoms with van der Waals surface area (Å²) >= 11 is 0. The van der Waals surface area contributed by atoms with Gasteiger partial charge in [0, 0.05) is 24.1 Å². The smallest absolute Gasteiger partial charge is 0.166 e. The van der Waals surface area contributed by atoms with Gasteiger partial charge in [0.1, 0.15) is 0 Å². The molecule has 96 valence electrons. The summed E-state index contributed by atoms with van der Waals surface area (Å²) in [4.78, 5) is 15.0. The monoisotopic (exact) mass is 243 g/mol. The number of likely N-dealkylation sites (tertiary alicyclic amines) is 1. The van der Waals surface area contributed by atoms with E-state index in [4.69, 9.17) is 0 Å². The summed E-state index contributed by atoms with van der Waals surface area (Å²) in [5.41, 5.74) is 2.24. The molecule has 2 aliphatic rings. The highest BCUT2D eigenvalue weighted by Gasteiger charge is 2.39. The zero-order valence-electron chi connectivity index (χ0n) is 11.2. The third-order valence-corrected chi connectivity index (χ3v) is 4.60. The molecule has 2 heteroatoms. The number of fused-ring (bicyclic) bond motifs is 2. The van der Waals surface area contributed by atoms with E-state index < -0.39 is 0 Å². The Kier molecular flexibility index (Phi) is 2.98. The van der Waals surface area contributed by atoms with Gasteiger partial charge in [-0.15, -0.1) is 0 Å². The van der Waals surface area contributed by atoms with Crippen molar-refractivity contribution in [3.8, 4) is 0 Å². The maximum Gasteiger partial charge on any atom is 0.166 e. The summed E-state index contributed by atoms with van der Waals surface area (Å²) in [6, 6.07) is 8.76. The lowest BCUT2D eigenvalue weighted by molar-refractivity contribution is 0.0605. The van der Waals surface area contributed by atoms with Crippen LogP contribution in [0, 0.1) is 11.8 Å². The Morgan fingerprint density at radius 3 is 2.83 bits per heavy atom. The number of piperidine rings is 1. The number of rotatable bonds is 1. The zero-order valence-corrected chi connectivity index (χ0v) is 11.2. The average molecular weight is 243 g/mol. The molecular formula is C16H21NO. The lowest BCUT2D eigenvalue weighted by Gasteiger charge is -2.42. The minimum atomic E-state index is 0.273. The molecule has 0 amide bonds. The van der Waals surface area contributed by atoms with E-state index in [1.54, 1.807) is 0 Å². The molecule has 2 nitrogen and oxygen atoms in total. The van der Waals surface area contributed by atoms with E-state index in [0.29, 0.717) is 17.7 Å². The van der Waals surface area contributed by atoms with Crippen LogP contribution in [-0.2, 0) is 6.42 Å². The van der Waals surface area contributed by atoms with Crippen LogP contribution in [-0.4, -0.2) is 29.8 Å². The zero-order chi connectivity index (χ0) is 12.7. The van der Waals surface area contributed by atoms with Gasteiger partial charge in [-0.3, -0.25) is 4.79 Å². The predicted octanol–water partition coefficient (Wildman–Crippen LogP) is 2.77. The molecule has 1 fully saturated rings. The molecule has 1 saturated heterocycles. The van der Waals surface area contributed by atoms with Crippen molar-refractivity contribution in [2.45, 2.75) is 32.7 Å². The van der Waals surface area contributed by atoms with E-state index in [0.717, 1.165) is 31.5 Å². The molecule has 1 heterocycles. The first-order valence-electron chi connectivity index (χ1n) is 7.03. The highest BCUT2D eigenvalue weighted by Crippen LogP contribution is 2.36. The second-order valence-electron chi connectivity index (χ2n) is 5.97. The highest BCUT2D eigenvalue weighted by molar-refractivity contribution is 6.00. The van der Waals surface area contributed by atoms with Gasteiger partial charge in [-0.05, 0) is 44.7 Å². The van der Waals surface area contributed by atoms with E-state index in [1.807, 2.05) is 12.1 Å². The fraction of sp³-hybridized carbons (Fsp3) is 0.562. The molecule has 2 atom stereocenters. The van der Waals surface area contributed by atoms with Gasteiger partial charge in [0.15, 0.2) is 5.78 Å². The molecule has 18 heavy (non-hydrogen) atoms. The van der Waals surface area contributed by atoms with E-state index in [2.05, 4.69) is 30.9 Å². The first-order valence-corrected chi connectivity index (χ1v) is 7.03. The largest absolute Gasteiger partial charge is 0.301 e. The lowest BCUT2D eigenvalue weighted by Crippen LogP contribution is -2.48. The summed E-state index contributed by atoms with van der Waals surface area (Å²) in [6.07, 6.45) is 2.12. The molecule has 1 aromatic carbocycles. The molecule has 0 saturated carbocycles. The number of carbonyl (C=O) groups is 1. The first-order chi connectivity index (χ1) is 8.66. The number of Topliss-reactive ketones (excluding diaryl/α,β-unsaturated/α-hetero) is 1. The number of benzene rings is 1. The number of hydrogen-bond acceptors (Lipinski definition) is 2. The van der Waals surface area contributed by atoms with Crippen LogP contribution in [0.15, 0.2) is 24.3 Å². The lowest BCUT2D eigenvalue weighted by atomic mass is 9.71. The molecule has 0 N–H and O–H groups in total. The van der Waals surface area contributed by atoms with Crippen molar-refractivity contribution in [1.82, 2.24) is 4.90 Å². The number of carbonyl (C=O) groups excluding carboxylic acids is 1. The van der Waals surface area contributed by atoms with Crippen molar-refractivity contribution in [3.05, 3.63) is 35.4 Å². The van der Waals surface area contributed by atoms with Gasteiger partial charge in [-0.2, -0.15) is 0 Å². The summed E-state index contributed by atoms with van der Waals surface area (Å²) in [5, 5.41) is 0. The fourth-order valence-corrected chi connectivity index (χ4v) is 3.50. The average Bonchev–Trinajstić information content (AvgIpc) is 2.38. The third kappa shape index (κ3) is 1.89. The van der Waals surface area contributed by atoms with Gasteiger partial charge in [-0.1, -0.05) is 24.3 Å². The van der Waals surface area contributed by atoms with Crippen molar-refractivity contribution < 1.29 is 4.79 Å². The van der Waals surface area contributed by atoms with E-state index in [1.165, 1.54) is 5.56 Å². The Hall–Kier alpha value is -1.15. The molecule has 3 rings (SSSR count). The Morgan fingerprint density at radius 1 is 1.28 bits per heavy atom. The van der Waals surface area contributed by atoms with Crippen molar-refractivity contribution in [3.63, 3.8) is 0 Å². The Morgan fingerprint density at radius 2 is 2.06 bits per heavy atom. The molecule has 1 aromatic rings. The molecule has 0 spiro atoms. The summed E-state index contributed by atoms with van der Waals surface area (Å²) < 4.78 is 0. The third-order valence-electron chi connectivity index (χ3n) is 4.60. The van der Waals surface area contributed by atoms with Crippen LogP contribution in [0.3, 0.4) is 0 Å². The van der Waals surface area contributed by atoms with Crippen LogP contribution < -0.4 is 0 Å². The molecule has 0 unspecified atom stereocenters. The summed E-state index contributed by atoms with van der Waals surface area (Å²) in [7, 11) is 0. The first kappa shape index (κ1) is 11.9. The Labute approximate surface area is 109 Å². The highest BCUT2D eigenvalue weighted by atomic mass is 16.1. The van der Waals surface area contributed by atoms with E-state index in [-0.39, 0.29) is 5.92 Å². The van der Waals surface area contributed by atoms with Gasteiger partial charge in [0.25, 0.3) is 0 Å². The summed E-state index contributed by atoms with van der Waals surface area (Å²) in [5.74, 6) is 1.20. The quantitative estimate of drug-likeness (QED) is 0.756. The van der Waals surface area contributed by atoms with E-state index in [9.17, 15) is 4.79 Å². The van der Waals surface area contributed by atoms with Gasteiger partial charge in [-0.25, -0.2) is 0 Å². The molecule has 0 bridgehead atoms. The van der Waals surface area contributed by atoms with Crippen LogP contribution >= 0.6 is 0 Å². The van der Waals surface area contributed by atoms with E-state index >= 15 is 0 Å². The second-order valence-corrected chi connectivity index (χ2v) is 5.97. The van der Waals surface area contributed by atoms with Crippen molar-refractivity contribution in [1.29, 1.82) is 0 Å². The SMILES string of the molecule is CC(C)N1CC[C@H]2C(=O)c3ccccc3C[C@@H]2C1. The summed E-state index contributed by atoms with van der Waals surface area (Å²) in [6.45, 7) is 6.66. The molecule has 1 aliphatic heterocycles. The van der Waals surface area contributed by atoms with Crippen LogP contribution in [0.1, 0.15) is 36.2 Å². The Bertz CT molecular complexity index is 466. The van der Waals surface area contributed by atoms with Gasteiger partial charge in [0.2, 0.25) is 0 Å². The van der Waals surface area contributed by atoms with Crippen LogP contribution in [0.2, 0.25) is 0 Å². The van der Waals surface area contributed by atoms with Gasteiger partial charge < -0.3 is 4.90 Å². The standard InChI is InChI=1S/C16H21NO/c1-11(2)17-8-7-15-13(10-17)9-12-5-3-4-6-14(12)16(15)18/h3-6,11,13,15H,7-10H2,1-2H3/t13-,15-/m1/s1. The predicted molar refractivity (Wildman–Crippen MR) is 72.8 cm³/mol. The molecule has 0 radical (unpaired) electrons. The number of ketones is 1. The van der Waals surface area contributed by atoms with Gasteiger partial charge in [0.05, 0.1) is 0 Å². The maximum atomic E-state index is 12.5. The van der Waals surface area contributed by atoms with Crippen LogP contribution in [0.25, 0.3) is 0 Å². The molecule has 1 aliphatic carbocycles. The van der Waals surface area contributed by atoms with Gasteiger partial charge >= 0.3 is 0 Å². The maximum absolute atomic E-state index is 12.5. The minimum absolute atomic E-state index is 0.273. The second kappa shape index (κ2) is 4.51. The topological polar surface area (TPSA) is 20.3 Å². The molecular weight excluding hydrogens is 222 g/mol. The van der Waals surface area contributed by atoms with Crippen molar-refractivity contribution in [2.24, 2.45) is 11.8 Å². The number of hydrogen-bond donors (Lipinski definition) is 0. The van der Waals surface area contributed by atoms with Crippen molar-refractivity contribution in [2.75, 3.05) is 13.1 Å². The minimum Gasteiger partial charge on any atom is -0.301 e. The Balaban J connectivity index is 1.88.